The second-order valence-corrected chi connectivity index (χ2v) is 4.88. The van der Waals surface area contributed by atoms with E-state index in [4.69, 9.17) is 4.74 Å². The van der Waals surface area contributed by atoms with Crippen LogP contribution in [0.3, 0.4) is 0 Å². The second kappa shape index (κ2) is 5.91. The van der Waals surface area contributed by atoms with Crippen LogP contribution in [0.5, 0.6) is 0 Å². The minimum absolute atomic E-state index is 0.0444. The second-order valence-electron chi connectivity index (χ2n) is 4.88. The van der Waals surface area contributed by atoms with Crippen molar-refractivity contribution in [2.75, 3.05) is 19.7 Å². The maximum absolute atomic E-state index is 12.2. The Morgan fingerprint density at radius 1 is 1.37 bits per heavy atom. The van der Waals surface area contributed by atoms with Gasteiger partial charge in [-0.15, -0.1) is 0 Å². The lowest BCUT2D eigenvalue weighted by molar-refractivity contribution is -0.149. The lowest BCUT2D eigenvalue weighted by Gasteiger charge is -2.30. The van der Waals surface area contributed by atoms with Crippen molar-refractivity contribution in [2.24, 2.45) is 13.0 Å². The van der Waals surface area contributed by atoms with Crippen molar-refractivity contribution in [2.45, 2.75) is 19.8 Å². The van der Waals surface area contributed by atoms with Crippen molar-refractivity contribution in [3.63, 3.8) is 0 Å². The van der Waals surface area contributed by atoms with E-state index in [1.54, 1.807) is 0 Å². The summed E-state index contributed by atoms with van der Waals surface area (Å²) in [5.41, 5.74) is 0.706. The lowest BCUT2D eigenvalue weighted by atomic mass is 9.96. The molecule has 2 heterocycles. The molecular weight excluding hydrogens is 244 g/mol. The lowest BCUT2D eigenvalue weighted by Crippen LogP contribution is -2.40. The number of piperidine rings is 1. The van der Waals surface area contributed by atoms with Gasteiger partial charge in [-0.3, -0.25) is 9.59 Å². The van der Waals surface area contributed by atoms with E-state index < -0.39 is 0 Å². The molecule has 1 aromatic rings. The van der Waals surface area contributed by atoms with Crippen LogP contribution in [-0.4, -0.2) is 41.0 Å². The molecule has 0 bridgehead atoms. The molecule has 0 saturated carbocycles. The van der Waals surface area contributed by atoms with Gasteiger partial charge in [-0.25, -0.2) is 0 Å². The summed E-state index contributed by atoms with van der Waals surface area (Å²) in [7, 11) is 1.89. The van der Waals surface area contributed by atoms with Crippen LogP contribution in [0.2, 0.25) is 0 Å². The zero-order valence-electron chi connectivity index (χ0n) is 11.5. The molecule has 5 nitrogen and oxygen atoms in total. The van der Waals surface area contributed by atoms with E-state index >= 15 is 0 Å². The Bertz CT molecular complexity index is 459. The topological polar surface area (TPSA) is 51.5 Å². The van der Waals surface area contributed by atoms with Gasteiger partial charge in [0, 0.05) is 32.5 Å². The molecule has 0 unspecified atom stereocenters. The van der Waals surface area contributed by atoms with Gasteiger partial charge in [-0.1, -0.05) is 0 Å². The molecule has 0 aromatic carbocycles. The molecule has 0 spiro atoms. The number of carbonyl (C=O) groups is 2. The Kier molecular flexibility index (Phi) is 4.24. The SMILES string of the molecule is CCOC(=O)C1CCN(C(=O)c2ccn(C)c2)CC1. The first kappa shape index (κ1) is 13.6. The van der Waals surface area contributed by atoms with Crippen LogP contribution in [0, 0.1) is 5.92 Å². The molecule has 1 aromatic heterocycles. The third-order valence-electron chi connectivity index (χ3n) is 3.48. The molecule has 0 aliphatic carbocycles. The van der Waals surface area contributed by atoms with Crippen LogP contribution in [0.1, 0.15) is 30.1 Å². The van der Waals surface area contributed by atoms with Crippen LogP contribution >= 0.6 is 0 Å². The largest absolute Gasteiger partial charge is 0.466 e. The summed E-state index contributed by atoms with van der Waals surface area (Å²) in [6, 6.07) is 1.82. The van der Waals surface area contributed by atoms with Crippen molar-refractivity contribution >= 4 is 11.9 Å². The summed E-state index contributed by atoms with van der Waals surface area (Å²) in [4.78, 5) is 25.6. The molecular formula is C14H20N2O3. The fourth-order valence-electron chi connectivity index (χ4n) is 2.39. The zero-order valence-corrected chi connectivity index (χ0v) is 11.5. The van der Waals surface area contributed by atoms with Crippen LogP contribution < -0.4 is 0 Å². The van der Waals surface area contributed by atoms with Gasteiger partial charge in [0.1, 0.15) is 0 Å². The quantitative estimate of drug-likeness (QED) is 0.776. The Labute approximate surface area is 113 Å². The number of ether oxygens (including phenoxy) is 1. The smallest absolute Gasteiger partial charge is 0.309 e. The van der Waals surface area contributed by atoms with Crippen molar-refractivity contribution < 1.29 is 14.3 Å². The van der Waals surface area contributed by atoms with E-state index in [2.05, 4.69) is 0 Å². The van der Waals surface area contributed by atoms with Crippen molar-refractivity contribution in [3.8, 4) is 0 Å². The maximum Gasteiger partial charge on any atom is 0.309 e. The predicted molar refractivity (Wildman–Crippen MR) is 70.7 cm³/mol. The molecule has 104 valence electrons. The Hall–Kier alpha value is -1.78. The Morgan fingerprint density at radius 2 is 2.05 bits per heavy atom. The molecule has 0 N–H and O–H groups in total. The minimum atomic E-state index is -0.130. The standard InChI is InChI=1S/C14H20N2O3/c1-3-19-14(18)11-5-8-16(9-6-11)13(17)12-4-7-15(2)10-12/h4,7,10-11H,3,5-6,8-9H2,1-2H3. The Balaban J connectivity index is 1.89. The number of nitrogens with zero attached hydrogens (tertiary/aromatic N) is 2. The Morgan fingerprint density at radius 3 is 2.58 bits per heavy atom. The molecule has 0 radical (unpaired) electrons. The third kappa shape index (κ3) is 3.16. The number of hydrogen-bond acceptors (Lipinski definition) is 3. The van der Waals surface area contributed by atoms with Gasteiger partial charge in [0.15, 0.2) is 0 Å². The van der Waals surface area contributed by atoms with Crippen LogP contribution in [0.25, 0.3) is 0 Å². The van der Waals surface area contributed by atoms with E-state index in [0.717, 1.165) is 0 Å². The summed E-state index contributed by atoms with van der Waals surface area (Å²) in [6.45, 7) is 3.47. The fraction of sp³-hybridized carbons (Fsp3) is 0.571. The molecule has 1 aliphatic rings. The number of aryl methyl sites for hydroxylation is 1. The van der Waals surface area contributed by atoms with Gasteiger partial charge in [0.2, 0.25) is 0 Å². The van der Waals surface area contributed by atoms with Crippen molar-refractivity contribution in [3.05, 3.63) is 24.0 Å². The summed E-state index contributed by atoms with van der Waals surface area (Å²) in [5.74, 6) is -0.142. The molecule has 19 heavy (non-hydrogen) atoms. The molecule has 2 rings (SSSR count). The van der Waals surface area contributed by atoms with E-state index in [9.17, 15) is 9.59 Å². The van der Waals surface area contributed by atoms with Crippen LogP contribution in [-0.2, 0) is 16.6 Å². The molecule has 1 amide bonds. The number of carbonyl (C=O) groups excluding carboxylic acids is 2. The van der Waals surface area contributed by atoms with Gasteiger partial charge < -0.3 is 14.2 Å². The first-order chi connectivity index (χ1) is 9.11. The molecule has 1 aliphatic heterocycles. The normalized spacial score (nSPS) is 16.4. The van der Waals surface area contributed by atoms with Gasteiger partial charge in [0.05, 0.1) is 18.1 Å². The highest BCUT2D eigenvalue weighted by Gasteiger charge is 2.28. The van der Waals surface area contributed by atoms with Crippen molar-refractivity contribution in [1.82, 2.24) is 9.47 Å². The van der Waals surface area contributed by atoms with Gasteiger partial charge in [0.25, 0.3) is 5.91 Å². The molecule has 1 fully saturated rings. The van der Waals surface area contributed by atoms with E-state index in [0.29, 0.717) is 38.1 Å². The van der Waals surface area contributed by atoms with Crippen molar-refractivity contribution in [1.29, 1.82) is 0 Å². The highest BCUT2D eigenvalue weighted by atomic mass is 16.5. The van der Waals surface area contributed by atoms with Gasteiger partial charge >= 0.3 is 5.97 Å². The van der Waals surface area contributed by atoms with Crippen LogP contribution in [0.15, 0.2) is 18.5 Å². The number of amides is 1. The first-order valence-electron chi connectivity index (χ1n) is 6.69. The maximum atomic E-state index is 12.2. The molecule has 5 heteroatoms. The first-order valence-corrected chi connectivity index (χ1v) is 6.69. The predicted octanol–water partition coefficient (Wildman–Crippen LogP) is 1.44. The highest BCUT2D eigenvalue weighted by Crippen LogP contribution is 2.20. The number of aromatic nitrogens is 1. The summed E-state index contributed by atoms with van der Waals surface area (Å²) in [6.07, 6.45) is 5.06. The molecule has 0 atom stereocenters. The number of esters is 1. The summed E-state index contributed by atoms with van der Waals surface area (Å²) in [5, 5.41) is 0. The number of hydrogen-bond donors (Lipinski definition) is 0. The fourth-order valence-corrected chi connectivity index (χ4v) is 2.39. The van der Waals surface area contributed by atoms with Gasteiger partial charge in [-0.2, -0.15) is 0 Å². The van der Waals surface area contributed by atoms with Crippen LogP contribution in [0.4, 0.5) is 0 Å². The average molecular weight is 264 g/mol. The monoisotopic (exact) mass is 264 g/mol. The van der Waals surface area contributed by atoms with E-state index in [1.165, 1.54) is 0 Å². The minimum Gasteiger partial charge on any atom is -0.466 e. The van der Waals surface area contributed by atoms with Gasteiger partial charge in [-0.05, 0) is 25.8 Å². The summed E-state index contributed by atoms with van der Waals surface area (Å²) < 4.78 is 6.88. The highest BCUT2D eigenvalue weighted by molar-refractivity contribution is 5.94. The zero-order chi connectivity index (χ0) is 13.8. The number of rotatable bonds is 3. The van der Waals surface area contributed by atoms with E-state index in [-0.39, 0.29) is 17.8 Å². The molecule has 1 saturated heterocycles. The number of likely N-dealkylation sites (tertiary alicyclic amines) is 1. The third-order valence-corrected chi connectivity index (χ3v) is 3.48. The van der Waals surface area contributed by atoms with E-state index in [1.807, 2.05) is 41.9 Å². The summed E-state index contributed by atoms with van der Waals surface area (Å²) >= 11 is 0. The average Bonchev–Trinajstić information content (AvgIpc) is 2.85.